The Bertz CT molecular complexity index is 1040. The largest absolute Gasteiger partial charge is 0.493 e. The molecule has 2 aromatic rings. The molecule has 0 saturated heterocycles. The molecule has 0 aliphatic heterocycles. The van der Waals surface area contributed by atoms with Gasteiger partial charge >= 0.3 is 0 Å². The van der Waals surface area contributed by atoms with Crippen LogP contribution >= 0.6 is 0 Å². The van der Waals surface area contributed by atoms with E-state index in [9.17, 15) is 9.90 Å². The second-order valence-corrected chi connectivity index (χ2v) is 7.83. The van der Waals surface area contributed by atoms with Crippen LogP contribution in [0.4, 0.5) is 0 Å². The number of carbonyl (C=O) groups excluding carboxylic acids is 1. The third-order valence-electron chi connectivity index (χ3n) is 5.98. The first-order valence-electron chi connectivity index (χ1n) is 10.6. The summed E-state index contributed by atoms with van der Waals surface area (Å²) in [6.45, 7) is 0. The highest BCUT2D eigenvalue weighted by Crippen LogP contribution is 2.41. The van der Waals surface area contributed by atoms with Gasteiger partial charge in [0, 0.05) is 17.5 Å². The van der Waals surface area contributed by atoms with Gasteiger partial charge in [0.05, 0.1) is 28.4 Å². The molecule has 0 fully saturated rings. The molecule has 2 aliphatic carbocycles. The average molecular weight is 440 g/mol. The van der Waals surface area contributed by atoms with E-state index in [0.29, 0.717) is 41.4 Å². The Morgan fingerprint density at radius 2 is 1.34 bits per heavy atom. The Labute approximate surface area is 188 Å². The van der Waals surface area contributed by atoms with Crippen LogP contribution in [0.5, 0.6) is 23.0 Å². The van der Waals surface area contributed by atoms with Crippen LogP contribution in [0.15, 0.2) is 24.3 Å². The van der Waals surface area contributed by atoms with Crippen LogP contribution in [-0.4, -0.2) is 39.3 Å². The zero-order valence-corrected chi connectivity index (χ0v) is 19.0. The van der Waals surface area contributed by atoms with E-state index in [1.165, 1.54) is 0 Å². The Hall–Kier alpha value is -3.24. The summed E-state index contributed by atoms with van der Waals surface area (Å²) in [7, 11) is 6.30. The topological polar surface area (TPSA) is 98.0 Å². The van der Waals surface area contributed by atoms with Gasteiger partial charge in [0.15, 0.2) is 34.4 Å². The van der Waals surface area contributed by atoms with E-state index in [1.54, 1.807) is 40.6 Å². The molecule has 0 amide bonds. The van der Waals surface area contributed by atoms with E-state index in [1.807, 2.05) is 18.2 Å². The molecule has 4 rings (SSSR count). The molecule has 32 heavy (non-hydrogen) atoms. The Kier molecular flexibility index (Phi) is 7.26. The number of benzene rings is 2. The lowest BCUT2D eigenvalue weighted by atomic mass is 9.80. The lowest BCUT2D eigenvalue weighted by Gasteiger charge is -2.29. The highest BCUT2D eigenvalue weighted by atomic mass is 16.5. The molecule has 0 radical (unpaired) electrons. The SMILES string of the molecule is COc1cc2c(cc1OC)C(=O)CCC2.COc1cc2c(cc1OC)C(O)(C#N)CCC2. The molecule has 0 heterocycles. The predicted molar refractivity (Wildman–Crippen MR) is 119 cm³/mol. The van der Waals surface area contributed by atoms with Crippen LogP contribution in [0.3, 0.4) is 0 Å². The predicted octanol–water partition coefficient (Wildman–Crippen LogP) is 3.97. The zero-order valence-electron chi connectivity index (χ0n) is 19.0. The van der Waals surface area contributed by atoms with Gasteiger partial charge in [-0.05, 0) is 67.5 Å². The average Bonchev–Trinajstić information content (AvgIpc) is 2.83. The second-order valence-electron chi connectivity index (χ2n) is 7.83. The fourth-order valence-corrected chi connectivity index (χ4v) is 4.26. The second kappa shape index (κ2) is 9.92. The smallest absolute Gasteiger partial charge is 0.177 e. The minimum Gasteiger partial charge on any atom is -0.493 e. The first-order chi connectivity index (χ1) is 15.4. The standard InChI is InChI=1S/C13H15NO3.C12H14O3/c1-16-11-6-9-4-3-5-13(15,8-14)10(9)7-12(11)17-2;1-14-11-6-8-4-3-5-10(13)9(8)7-12(11)15-2/h6-7,15H,3-5H2,1-2H3;6-7H,3-5H2,1-2H3. The number of ketones is 1. The molecule has 0 aromatic heterocycles. The first kappa shape index (κ1) is 23.4. The molecular weight excluding hydrogens is 410 g/mol. The molecule has 0 bridgehead atoms. The highest BCUT2D eigenvalue weighted by molar-refractivity contribution is 5.99. The fraction of sp³-hybridized carbons (Fsp3) is 0.440. The molecule has 7 nitrogen and oxygen atoms in total. The maximum Gasteiger partial charge on any atom is 0.177 e. The van der Waals surface area contributed by atoms with Gasteiger partial charge in [0.1, 0.15) is 6.07 Å². The number of nitrogens with zero attached hydrogens (tertiary/aromatic N) is 1. The molecular formula is C25H29NO6. The maximum absolute atomic E-state index is 11.7. The fourth-order valence-electron chi connectivity index (χ4n) is 4.26. The summed E-state index contributed by atoms with van der Waals surface area (Å²) in [4.78, 5) is 11.7. The van der Waals surface area contributed by atoms with Crippen molar-refractivity contribution in [1.29, 1.82) is 5.26 Å². The molecule has 2 aromatic carbocycles. The number of aliphatic hydroxyl groups is 1. The van der Waals surface area contributed by atoms with Crippen molar-refractivity contribution < 1.29 is 28.8 Å². The molecule has 7 heteroatoms. The summed E-state index contributed by atoms with van der Waals surface area (Å²) in [5.74, 6) is 2.71. The Balaban J connectivity index is 0.000000182. The van der Waals surface area contributed by atoms with E-state index in [0.717, 1.165) is 42.4 Å². The van der Waals surface area contributed by atoms with E-state index in [2.05, 4.69) is 0 Å². The molecule has 0 spiro atoms. The number of Topliss-reactive ketones (excluding diaryl/α,β-unsaturated/α-hetero) is 1. The van der Waals surface area contributed by atoms with Crippen LogP contribution in [0.25, 0.3) is 0 Å². The van der Waals surface area contributed by atoms with Crippen molar-refractivity contribution in [1.82, 2.24) is 0 Å². The molecule has 0 saturated carbocycles. The Morgan fingerprint density at radius 3 is 1.94 bits per heavy atom. The maximum atomic E-state index is 11.7. The molecule has 2 aliphatic rings. The van der Waals surface area contributed by atoms with Crippen molar-refractivity contribution in [2.24, 2.45) is 0 Å². The van der Waals surface area contributed by atoms with E-state index in [-0.39, 0.29) is 5.78 Å². The van der Waals surface area contributed by atoms with Gasteiger partial charge in [-0.1, -0.05) is 0 Å². The van der Waals surface area contributed by atoms with Crippen LogP contribution in [0.1, 0.15) is 52.7 Å². The van der Waals surface area contributed by atoms with Crippen molar-refractivity contribution in [2.45, 2.75) is 44.1 Å². The van der Waals surface area contributed by atoms with Crippen molar-refractivity contribution in [2.75, 3.05) is 28.4 Å². The van der Waals surface area contributed by atoms with Gasteiger partial charge in [-0.15, -0.1) is 0 Å². The van der Waals surface area contributed by atoms with E-state index in [4.69, 9.17) is 24.2 Å². The number of hydrogen-bond donors (Lipinski definition) is 1. The number of carbonyl (C=O) groups is 1. The van der Waals surface area contributed by atoms with Gasteiger partial charge in [0.2, 0.25) is 0 Å². The van der Waals surface area contributed by atoms with Crippen molar-refractivity contribution in [3.8, 4) is 29.1 Å². The summed E-state index contributed by atoms with van der Waals surface area (Å²) >= 11 is 0. The van der Waals surface area contributed by atoms with Crippen LogP contribution in [0.2, 0.25) is 0 Å². The minimum atomic E-state index is -1.40. The molecule has 1 atom stereocenters. The molecule has 1 unspecified atom stereocenters. The summed E-state index contributed by atoms with van der Waals surface area (Å²) in [6, 6.07) is 9.23. The van der Waals surface area contributed by atoms with Gasteiger partial charge in [-0.2, -0.15) is 5.26 Å². The van der Waals surface area contributed by atoms with Gasteiger partial charge in [-0.25, -0.2) is 0 Å². The van der Waals surface area contributed by atoms with Crippen LogP contribution in [0, 0.1) is 11.3 Å². The van der Waals surface area contributed by atoms with Crippen molar-refractivity contribution in [3.63, 3.8) is 0 Å². The third kappa shape index (κ3) is 4.51. The summed E-state index contributed by atoms with van der Waals surface area (Å²) in [5, 5.41) is 19.4. The summed E-state index contributed by atoms with van der Waals surface area (Å²) < 4.78 is 20.8. The van der Waals surface area contributed by atoms with E-state index < -0.39 is 5.60 Å². The third-order valence-corrected chi connectivity index (χ3v) is 5.98. The number of fused-ring (bicyclic) bond motifs is 2. The number of rotatable bonds is 4. The zero-order chi connectivity index (χ0) is 23.3. The number of methoxy groups -OCH3 is 4. The first-order valence-corrected chi connectivity index (χ1v) is 10.6. The van der Waals surface area contributed by atoms with Crippen molar-refractivity contribution in [3.05, 3.63) is 46.5 Å². The van der Waals surface area contributed by atoms with E-state index >= 15 is 0 Å². The number of hydrogen-bond acceptors (Lipinski definition) is 7. The molecule has 1 N–H and O–H groups in total. The molecule has 170 valence electrons. The van der Waals surface area contributed by atoms with Gasteiger partial charge in [-0.3, -0.25) is 4.79 Å². The van der Waals surface area contributed by atoms with Gasteiger partial charge in [0.25, 0.3) is 0 Å². The normalized spacial score (nSPS) is 18.8. The quantitative estimate of drug-likeness (QED) is 0.720. The summed E-state index contributed by atoms with van der Waals surface area (Å²) in [5.41, 5.74) is 2.07. The number of ether oxygens (including phenoxy) is 4. The van der Waals surface area contributed by atoms with Crippen LogP contribution in [-0.2, 0) is 18.4 Å². The number of nitriles is 1. The number of aryl methyl sites for hydroxylation is 2. The lowest BCUT2D eigenvalue weighted by Crippen LogP contribution is -2.28. The van der Waals surface area contributed by atoms with Gasteiger partial charge < -0.3 is 24.1 Å². The van der Waals surface area contributed by atoms with Crippen LogP contribution < -0.4 is 18.9 Å². The lowest BCUT2D eigenvalue weighted by molar-refractivity contribution is 0.0777. The minimum absolute atomic E-state index is 0.206. The van der Waals surface area contributed by atoms with Crippen molar-refractivity contribution >= 4 is 5.78 Å². The Morgan fingerprint density at radius 1 is 0.812 bits per heavy atom. The highest BCUT2D eigenvalue weighted by Gasteiger charge is 2.35. The monoisotopic (exact) mass is 439 g/mol. The summed E-state index contributed by atoms with van der Waals surface area (Å²) in [6.07, 6.45) is 4.63.